The van der Waals surface area contributed by atoms with E-state index in [1.807, 2.05) is 0 Å². The summed E-state index contributed by atoms with van der Waals surface area (Å²) in [5, 5.41) is 19.7. The van der Waals surface area contributed by atoms with Crippen molar-refractivity contribution in [3.8, 4) is 5.75 Å². The van der Waals surface area contributed by atoms with Crippen molar-refractivity contribution in [1.29, 1.82) is 0 Å². The molecule has 0 atom stereocenters. The number of carboxylic acid groups (broad SMARTS) is 1. The summed E-state index contributed by atoms with van der Waals surface area (Å²) in [7, 11) is 0. The molecular weight excluding hydrogens is 278 g/mol. The molecule has 0 aromatic heterocycles. The van der Waals surface area contributed by atoms with Crippen molar-refractivity contribution in [2.45, 2.75) is 19.6 Å². The lowest BCUT2D eigenvalue weighted by atomic mass is 9.99. The van der Waals surface area contributed by atoms with Crippen molar-refractivity contribution in [2.24, 2.45) is 0 Å². The highest BCUT2D eigenvalue weighted by molar-refractivity contribution is 5.66. The maximum Gasteiger partial charge on any atom is 0.407 e. The number of hydrogen-bond donors (Lipinski definition) is 1. The number of alkyl halides is 2. The van der Waals surface area contributed by atoms with Crippen LogP contribution in [-0.2, 0) is 13.0 Å². The number of carbonyl (C=O) groups is 1. The Morgan fingerprint density at radius 1 is 1.45 bits per heavy atom. The molecule has 9 heteroatoms. The number of nitro groups is 1. The first-order valence-electron chi connectivity index (χ1n) is 5.61. The van der Waals surface area contributed by atoms with E-state index in [-0.39, 0.29) is 13.1 Å². The van der Waals surface area contributed by atoms with Crippen LogP contribution in [0.25, 0.3) is 0 Å². The first kappa shape index (κ1) is 14.0. The van der Waals surface area contributed by atoms with Crippen molar-refractivity contribution in [2.75, 3.05) is 6.54 Å². The second-order valence-electron chi connectivity index (χ2n) is 4.18. The summed E-state index contributed by atoms with van der Waals surface area (Å²) in [4.78, 5) is 22.0. The summed E-state index contributed by atoms with van der Waals surface area (Å²) in [6, 6.07) is 2.26. The van der Waals surface area contributed by atoms with Gasteiger partial charge in [0.25, 0.3) is 0 Å². The predicted molar refractivity (Wildman–Crippen MR) is 61.9 cm³/mol. The van der Waals surface area contributed by atoms with Gasteiger partial charge in [-0.1, -0.05) is 0 Å². The number of nitrogens with zero attached hydrogens (tertiary/aromatic N) is 2. The van der Waals surface area contributed by atoms with E-state index in [9.17, 15) is 23.7 Å². The van der Waals surface area contributed by atoms with Crippen LogP contribution >= 0.6 is 0 Å². The largest absolute Gasteiger partial charge is 0.465 e. The number of halogens is 2. The van der Waals surface area contributed by atoms with Crippen LogP contribution in [0, 0.1) is 10.1 Å². The van der Waals surface area contributed by atoms with Crippen LogP contribution in [0.15, 0.2) is 12.1 Å². The molecule has 1 aromatic rings. The average molecular weight is 288 g/mol. The first-order chi connectivity index (χ1) is 9.38. The molecule has 1 amide bonds. The molecule has 0 saturated carbocycles. The Balaban J connectivity index is 2.40. The van der Waals surface area contributed by atoms with Gasteiger partial charge in [-0.15, -0.1) is 0 Å². The summed E-state index contributed by atoms with van der Waals surface area (Å²) >= 11 is 0. The van der Waals surface area contributed by atoms with Crippen LogP contribution in [0.3, 0.4) is 0 Å². The molecule has 0 radical (unpaired) electrons. The molecule has 0 aliphatic carbocycles. The fourth-order valence-corrected chi connectivity index (χ4v) is 2.07. The van der Waals surface area contributed by atoms with Gasteiger partial charge in [0.05, 0.1) is 4.92 Å². The molecule has 2 rings (SSSR count). The minimum absolute atomic E-state index is 0.0134. The smallest absolute Gasteiger partial charge is 0.407 e. The van der Waals surface area contributed by atoms with Crippen LogP contribution in [-0.4, -0.2) is 34.2 Å². The Bertz CT molecular complexity index is 564. The Labute approximate surface area is 111 Å². The highest BCUT2D eigenvalue weighted by atomic mass is 19.3. The van der Waals surface area contributed by atoms with Crippen molar-refractivity contribution in [3.63, 3.8) is 0 Å². The van der Waals surface area contributed by atoms with E-state index < -0.39 is 29.1 Å². The number of benzene rings is 1. The lowest BCUT2D eigenvalue weighted by Gasteiger charge is -2.26. The highest BCUT2D eigenvalue weighted by Gasteiger charge is 2.26. The van der Waals surface area contributed by atoms with Gasteiger partial charge < -0.3 is 14.7 Å². The minimum atomic E-state index is -3.16. The quantitative estimate of drug-likeness (QED) is 0.680. The zero-order valence-corrected chi connectivity index (χ0v) is 10.1. The molecular formula is C11H10F2N2O5. The number of ether oxygens (including phenoxy) is 1. The van der Waals surface area contributed by atoms with Crippen LogP contribution in [0.5, 0.6) is 5.75 Å². The first-order valence-corrected chi connectivity index (χ1v) is 5.61. The lowest BCUT2D eigenvalue weighted by Crippen LogP contribution is -2.34. The summed E-state index contributed by atoms with van der Waals surface area (Å²) in [6.07, 6.45) is -0.842. The molecule has 1 heterocycles. The third-order valence-corrected chi connectivity index (χ3v) is 2.98. The van der Waals surface area contributed by atoms with Crippen LogP contribution in [0.2, 0.25) is 0 Å². The molecule has 1 aliphatic heterocycles. The van der Waals surface area contributed by atoms with E-state index in [1.54, 1.807) is 0 Å². The molecule has 108 valence electrons. The fraction of sp³-hybridized carbons (Fsp3) is 0.364. The number of nitro benzene ring substituents is 1. The topological polar surface area (TPSA) is 92.9 Å². The van der Waals surface area contributed by atoms with Gasteiger partial charge in [-0.3, -0.25) is 10.1 Å². The molecule has 20 heavy (non-hydrogen) atoms. The molecule has 0 unspecified atom stereocenters. The highest BCUT2D eigenvalue weighted by Crippen LogP contribution is 2.34. The van der Waals surface area contributed by atoms with Crippen molar-refractivity contribution < 1.29 is 28.3 Å². The van der Waals surface area contributed by atoms with Gasteiger partial charge in [-0.2, -0.15) is 8.78 Å². The number of amides is 1. The molecule has 1 aliphatic rings. The minimum Gasteiger partial charge on any atom is -0.465 e. The Kier molecular flexibility index (Phi) is 3.68. The molecule has 1 aromatic carbocycles. The van der Waals surface area contributed by atoms with Crippen LogP contribution < -0.4 is 4.74 Å². The Hall–Kier alpha value is -2.45. The third kappa shape index (κ3) is 2.76. The second kappa shape index (κ2) is 5.27. The van der Waals surface area contributed by atoms with Gasteiger partial charge in [0.1, 0.15) is 0 Å². The van der Waals surface area contributed by atoms with Crippen molar-refractivity contribution in [3.05, 3.63) is 33.4 Å². The Morgan fingerprint density at radius 2 is 2.15 bits per heavy atom. The van der Waals surface area contributed by atoms with Gasteiger partial charge >= 0.3 is 18.4 Å². The normalized spacial score (nSPS) is 14.1. The molecule has 1 N–H and O–H groups in total. The maximum atomic E-state index is 12.2. The van der Waals surface area contributed by atoms with E-state index in [4.69, 9.17) is 5.11 Å². The molecule has 0 fully saturated rings. The number of hydrogen-bond acceptors (Lipinski definition) is 4. The van der Waals surface area contributed by atoms with Crippen LogP contribution in [0.1, 0.15) is 11.1 Å². The zero-order chi connectivity index (χ0) is 14.9. The third-order valence-electron chi connectivity index (χ3n) is 2.98. The molecule has 0 saturated heterocycles. The summed E-state index contributed by atoms with van der Waals surface area (Å²) in [5.74, 6) is -0.507. The molecule has 0 bridgehead atoms. The monoisotopic (exact) mass is 288 g/mol. The molecule has 7 nitrogen and oxygen atoms in total. The standard InChI is InChI=1S/C11H10F2N2O5/c12-10(13)20-9-4-6-1-2-14(11(16)17)5-7(6)3-8(9)15(18)19/h3-4,10H,1-2,5H2,(H,16,17). The van der Waals surface area contributed by atoms with E-state index in [2.05, 4.69) is 4.74 Å². The summed E-state index contributed by atoms with van der Waals surface area (Å²) in [6.45, 7) is -2.97. The molecule has 0 spiro atoms. The summed E-state index contributed by atoms with van der Waals surface area (Å²) < 4.78 is 28.6. The van der Waals surface area contributed by atoms with Crippen LogP contribution in [0.4, 0.5) is 19.3 Å². The maximum absolute atomic E-state index is 12.2. The van der Waals surface area contributed by atoms with Crippen molar-refractivity contribution >= 4 is 11.8 Å². The number of fused-ring (bicyclic) bond motifs is 1. The predicted octanol–water partition coefficient (Wildman–Crippen LogP) is 2.23. The van der Waals surface area contributed by atoms with E-state index >= 15 is 0 Å². The number of rotatable bonds is 3. The van der Waals surface area contributed by atoms with Gasteiger partial charge in [0.2, 0.25) is 5.75 Å². The van der Waals surface area contributed by atoms with Gasteiger partial charge in [0.15, 0.2) is 0 Å². The Morgan fingerprint density at radius 3 is 2.70 bits per heavy atom. The average Bonchev–Trinajstić information content (AvgIpc) is 2.36. The van der Waals surface area contributed by atoms with E-state index in [0.717, 1.165) is 11.0 Å². The van der Waals surface area contributed by atoms with E-state index in [1.165, 1.54) is 6.07 Å². The second-order valence-corrected chi connectivity index (χ2v) is 4.18. The van der Waals surface area contributed by atoms with Gasteiger partial charge in [-0.05, 0) is 23.6 Å². The van der Waals surface area contributed by atoms with Gasteiger partial charge in [0, 0.05) is 19.2 Å². The SMILES string of the molecule is O=C(O)N1CCc2cc(OC(F)F)c([N+](=O)[O-])cc2C1. The van der Waals surface area contributed by atoms with Gasteiger partial charge in [-0.25, -0.2) is 4.79 Å². The fourth-order valence-electron chi connectivity index (χ4n) is 2.07. The van der Waals surface area contributed by atoms with Crippen molar-refractivity contribution in [1.82, 2.24) is 4.90 Å². The zero-order valence-electron chi connectivity index (χ0n) is 10.1. The lowest BCUT2D eigenvalue weighted by molar-refractivity contribution is -0.386. The summed E-state index contributed by atoms with van der Waals surface area (Å²) in [5.41, 5.74) is 0.395. The van der Waals surface area contributed by atoms with E-state index in [0.29, 0.717) is 17.5 Å².